The molecule has 2 N–H and O–H groups in total. The first-order valence-electron chi connectivity index (χ1n) is 8.63. The van der Waals surface area contributed by atoms with Crippen LogP contribution in [-0.4, -0.2) is 15.6 Å². The molecule has 3 aromatic rings. The number of ketones is 1. The monoisotopic (exact) mass is 331 g/mol. The summed E-state index contributed by atoms with van der Waals surface area (Å²) in [5.41, 5.74) is 14.1. The van der Waals surface area contributed by atoms with Gasteiger partial charge in [-0.1, -0.05) is 30.3 Å². The maximum absolute atomic E-state index is 12.1. The molecule has 0 amide bonds. The van der Waals surface area contributed by atoms with Gasteiger partial charge in [-0.2, -0.15) is 5.10 Å². The van der Waals surface area contributed by atoms with Crippen LogP contribution in [0.5, 0.6) is 0 Å². The number of nitrogens with two attached hydrogens (primary N) is 1. The topological polar surface area (TPSA) is 60.9 Å². The molecule has 0 unspecified atom stereocenters. The largest absolute Gasteiger partial charge is 0.398 e. The second-order valence-electron chi connectivity index (χ2n) is 6.66. The van der Waals surface area contributed by atoms with Gasteiger partial charge < -0.3 is 5.73 Å². The molecule has 1 aliphatic rings. The summed E-state index contributed by atoms with van der Waals surface area (Å²) in [5, 5.41) is 4.68. The first kappa shape index (κ1) is 15.6. The molecule has 1 aromatic heterocycles. The van der Waals surface area contributed by atoms with Gasteiger partial charge in [-0.3, -0.25) is 9.48 Å². The number of rotatable bonds is 2. The van der Waals surface area contributed by atoms with Crippen LogP contribution in [0.25, 0.3) is 22.4 Å². The third kappa shape index (κ3) is 2.54. The van der Waals surface area contributed by atoms with Crippen LogP contribution >= 0.6 is 0 Å². The van der Waals surface area contributed by atoms with E-state index < -0.39 is 0 Å². The fourth-order valence-electron chi connectivity index (χ4n) is 3.61. The highest BCUT2D eigenvalue weighted by molar-refractivity contribution is 5.96. The summed E-state index contributed by atoms with van der Waals surface area (Å²) in [6, 6.07) is 14.2. The van der Waals surface area contributed by atoms with Crippen LogP contribution in [0.2, 0.25) is 0 Å². The molecule has 4 rings (SSSR count). The first-order chi connectivity index (χ1) is 12.1. The van der Waals surface area contributed by atoms with Crippen molar-refractivity contribution in [3.8, 4) is 22.4 Å². The van der Waals surface area contributed by atoms with E-state index >= 15 is 0 Å². The second kappa shape index (κ2) is 5.88. The Morgan fingerprint density at radius 3 is 2.44 bits per heavy atom. The fourth-order valence-corrected chi connectivity index (χ4v) is 3.61. The smallest absolute Gasteiger partial charge is 0.180 e. The van der Waals surface area contributed by atoms with Gasteiger partial charge in [0.1, 0.15) is 5.69 Å². The van der Waals surface area contributed by atoms with E-state index in [9.17, 15) is 4.79 Å². The van der Waals surface area contributed by atoms with E-state index in [1.807, 2.05) is 35.9 Å². The molecule has 126 valence electrons. The Morgan fingerprint density at radius 2 is 1.68 bits per heavy atom. The molecule has 2 aromatic carbocycles. The highest BCUT2D eigenvalue weighted by atomic mass is 16.1. The molecule has 4 heteroatoms. The molecule has 2 heterocycles. The lowest BCUT2D eigenvalue weighted by Crippen LogP contribution is -2.16. The number of benzene rings is 2. The number of nitrogens with zero attached hydrogens (tertiary/aromatic N) is 2. The summed E-state index contributed by atoms with van der Waals surface area (Å²) in [4.78, 5) is 12.1. The summed E-state index contributed by atoms with van der Waals surface area (Å²) < 4.78 is 1.85. The number of hydrogen-bond donors (Lipinski definition) is 1. The van der Waals surface area contributed by atoms with E-state index in [-0.39, 0.29) is 5.78 Å². The molecule has 0 aliphatic carbocycles. The molecular formula is C21H21N3O. The number of anilines is 1. The molecular weight excluding hydrogens is 310 g/mol. The van der Waals surface area contributed by atoms with Gasteiger partial charge in [0.25, 0.3) is 0 Å². The Hall–Kier alpha value is -2.88. The van der Waals surface area contributed by atoms with E-state index in [4.69, 9.17) is 5.73 Å². The van der Waals surface area contributed by atoms with Crippen LogP contribution in [0.3, 0.4) is 0 Å². The Kier molecular flexibility index (Phi) is 3.68. The molecule has 0 bridgehead atoms. The minimum Gasteiger partial charge on any atom is -0.398 e. The van der Waals surface area contributed by atoms with Crippen LogP contribution in [0, 0.1) is 13.8 Å². The number of Topliss-reactive ketones (excluding diaryl/α,β-unsaturated/α-hetero) is 1. The zero-order valence-electron chi connectivity index (χ0n) is 14.5. The lowest BCUT2D eigenvalue weighted by molar-refractivity contribution is 0.0951. The summed E-state index contributed by atoms with van der Waals surface area (Å²) in [5.74, 6) is 0.186. The van der Waals surface area contributed by atoms with Gasteiger partial charge in [0, 0.05) is 24.2 Å². The summed E-state index contributed by atoms with van der Waals surface area (Å²) in [6.45, 7) is 4.96. The molecule has 0 fully saturated rings. The van der Waals surface area contributed by atoms with Gasteiger partial charge in [-0.05, 0) is 54.7 Å². The maximum atomic E-state index is 12.1. The Labute approximate surface area is 147 Å². The number of aryl methyl sites for hydroxylation is 1. The van der Waals surface area contributed by atoms with Crippen LogP contribution in [0.15, 0.2) is 42.5 Å². The number of carbonyl (C=O) groups excluding carboxylic acids is 1. The summed E-state index contributed by atoms with van der Waals surface area (Å²) in [7, 11) is 0. The Bertz CT molecular complexity index is 985. The summed E-state index contributed by atoms with van der Waals surface area (Å²) >= 11 is 0. The summed E-state index contributed by atoms with van der Waals surface area (Å²) in [6.07, 6.45) is 1.49. The zero-order valence-corrected chi connectivity index (χ0v) is 14.5. The van der Waals surface area contributed by atoms with Crippen molar-refractivity contribution < 1.29 is 4.79 Å². The lowest BCUT2D eigenvalue weighted by Gasteiger charge is -2.14. The van der Waals surface area contributed by atoms with Crippen molar-refractivity contribution in [2.75, 3.05) is 5.73 Å². The molecule has 25 heavy (non-hydrogen) atoms. The predicted octanol–water partition coefficient (Wildman–Crippen LogP) is 4.39. The highest BCUT2D eigenvalue weighted by Gasteiger charge is 2.21. The quantitative estimate of drug-likeness (QED) is 0.708. The van der Waals surface area contributed by atoms with Crippen molar-refractivity contribution in [2.24, 2.45) is 0 Å². The Morgan fingerprint density at radius 1 is 1.00 bits per heavy atom. The van der Waals surface area contributed by atoms with Gasteiger partial charge >= 0.3 is 0 Å². The maximum Gasteiger partial charge on any atom is 0.180 e. The molecule has 4 nitrogen and oxygen atoms in total. The molecule has 0 atom stereocenters. The van der Waals surface area contributed by atoms with Gasteiger partial charge in [0.15, 0.2) is 5.78 Å². The lowest BCUT2D eigenvalue weighted by atomic mass is 9.92. The Balaban J connectivity index is 1.85. The predicted molar refractivity (Wildman–Crippen MR) is 101 cm³/mol. The van der Waals surface area contributed by atoms with E-state index in [1.54, 1.807) is 0 Å². The number of hydrogen-bond acceptors (Lipinski definition) is 3. The molecule has 0 radical (unpaired) electrons. The zero-order chi connectivity index (χ0) is 17.6. The van der Waals surface area contributed by atoms with E-state index in [0.717, 1.165) is 57.9 Å². The van der Waals surface area contributed by atoms with Crippen molar-refractivity contribution in [1.29, 1.82) is 0 Å². The SMILES string of the molecule is Cc1c(N)cccc1-c1cccc(-c2cc3n(n2)CCCC3=O)c1C. The van der Waals surface area contributed by atoms with Gasteiger partial charge in [0.05, 0.1) is 5.69 Å². The second-order valence-corrected chi connectivity index (χ2v) is 6.66. The standard InChI is InChI=1S/C21H21N3O/c1-13-15(16-7-4-9-18(22)14(16)2)6-3-8-17(13)19-12-20-21(25)10-5-11-24(20)23-19/h3-4,6-9,12H,5,10-11,22H2,1-2H3. The fraction of sp³-hybridized carbons (Fsp3) is 0.238. The highest BCUT2D eigenvalue weighted by Crippen LogP contribution is 2.35. The van der Waals surface area contributed by atoms with Crippen molar-refractivity contribution >= 4 is 11.5 Å². The average Bonchev–Trinajstić information content (AvgIpc) is 3.03. The van der Waals surface area contributed by atoms with Crippen molar-refractivity contribution in [3.63, 3.8) is 0 Å². The van der Waals surface area contributed by atoms with Crippen molar-refractivity contribution in [2.45, 2.75) is 33.2 Å². The minimum atomic E-state index is 0.186. The van der Waals surface area contributed by atoms with Gasteiger partial charge in [0.2, 0.25) is 0 Å². The minimum absolute atomic E-state index is 0.186. The van der Waals surface area contributed by atoms with E-state index in [1.165, 1.54) is 0 Å². The van der Waals surface area contributed by atoms with Gasteiger partial charge in [-0.25, -0.2) is 0 Å². The van der Waals surface area contributed by atoms with Gasteiger partial charge in [-0.15, -0.1) is 0 Å². The number of aromatic nitrogens is 2. The number of carbonyl (C=O) groups is 1. The average molecular weight is 331 g/mol. The molecule has 0 saturated heterocycles. The third-order valence-electron chi connectivity index (χ3n) is 5.12. The third-order valence-corrected chi connectivity index (χ3v) is 5.12. The number of nitrogen functional groups attached to an aromatic ring is 1. The van der Waals surface area contributed by atoms with Crippen LogP contribution in [0.4, 0.5) is 5.69 Å². The van der Waals surface area contributed by atoms with E-state index in [2.05, 4.69) is 30.2 Å². The van der Waals surface area contributed by atoms with E-state index in [0.29, 0.717) is 6.42 Å². The van der Waals surface area contributed by atoms with Crippen LogP contribution in [-0.2, 0) is 6.54 Å². The first-order valence-corrected chi connectivity index (χ1v) is 8.63. The van der Waals surface area contributed by atoms with Crippen molar-refractivity contribution in [3.05, 3.63) is 59.3 Å². The normalized spacial score (nSPS) is 13.8. The van der Waals surface area contributed by atoms with Crippen LogP contribution < -0.4 is 5.73 Å². The van der Waals surface area contributed by atoms with Crippen molar-refractivity contribution in [1.82, 2.24) is 9.78 Å². The molecule has 0 saturated carbocycles. The number of fused-ring (bicyclic) bond motifs is 1. The molecule has 0 spiro atoms. The molecule has 1 aliphatic heterocycles. The van der Waals surface area contributed by atoms with Crippen LogP contribution in [0.1, 0.15) is 34.5 Å².